The predicted molar refractivity (Wildman–Crippen MR) is 60.4 cm³/mol. The van der Waals surface area contributed by atoms with Crippen LogP contribution in [0.2, 0.25) is 0 Å². The van der Waals surface area contributed by atoms with E-state index in [9.17, 15) is 0 Å². The van der Waals surface area contributed by atoms with Crippen molar-refractivity contribution in [1.82, 2.24) is 10.6 Å². The van der Waals surface area contributed by atoms with Gasteiger partial charge in [-0.3, -0.25) is 0 Å². The predicted octanol–water partition coefficient (Wildman–Crippen LogP) is 1.77. The summed E-state index contributed by atoms with van der Waals surface area (Å²) in [4.78, 5) is 0. The van der Waals surface area contributed by atoms with Gasteiger partial charge in [0, 0.05) is 0 Å². The van der Waals surface area contributed by atoms with Crippen LogP contribution < -0.4 is 10.6 Å². The summed E-state index contributed by atoms with van der Waals surface area (Å²) in [5, 5.41) is 7.01. The summed E-state index contributed by atoms with van der Waals surface area (Å²) in [6, 6.07) is 0. The summed E-state index contributed by atoms with van der Waals surface area (Å²) in [5.74, 6) is 1.95. The van der Waals surface area contributed by atoms with Crippen molar-refractivity contribution in [2.75, 3.05) is 26.2 Å². The molecule has 2 aliphatic heterocycles. The molecule has 2 N–H and O–H groups in total. The van der Waals surface area contributed by atoms with Crippen molar-refractivity contribution < 1.29 is 0 Å². The van der Waals surface area contributed by atoms with E-state index in [0.717, 1.165) is 11.8 Å². The van der Waals surface area contributed by atoms with Crippen molar-refractivity contribution in [1.29, 1.82) is 0 Å². The fourth-order valence-electron chi connectivity index (χ4n) is 2.81. The molecule has 2 fully saturated rings. The minimum absolute atomic E-state index is 0.977. The second-order valence-corrected chi connectivity index (χ2v) is 5.00. The molecule has 2 nitrogen and oxygen atoms in total. The number of hydrogen-bond acceptors (Lipinski definition) is 2. The first-order valence-electron chi connectivity index (χ1n) is 6.36. The van der Waals surface area contributed by atoms with Crippen LogP contribution in [0.25, 0.3) is 0 Å². The topological polar surface area (TPSA) is 24.1 Å². The second kappa shape index (κ2) is 5.72. The number of nitrogens with one attached hydrogen (secondary N) is 2. The lowest BCUT2D eigenvalue weighted by molar-refractivity contribution is 0.292. The zero-order valence-electron chi connectivity index (χ0n) is 9.23. The molecule has 14 heavy (non-hydrogen) atoms. The van der Waals surface area contributed by atoms with Crippen LogP contribution in [0.5, 0.6) is 0 Å². The molecule has 2 aliphatic rings. The maximum atomic E-state index is 3.51. The van der Waals surface area contributed by atoms with Gasteiger partial charge in [0.05, 0.1) is 0 Å². The minimum atomic E-state index is 0.977. The molecule has 0 spiro atoms. The average Bonchev–Trinajstić information content (AvgIpc) is 2.29. The van der Waals surface area contributed by atoms with Gasteiger partial charge in [0.25, 0.3) is 0 Å². The van der Waals surface area contributed by atoms with E-state index in [1.54, 1.807) is 0 Å². The van der Waals surface area contributed by atoms with Crippen LogP contribution in [0.4, 0.5) is 0 Å². The fourth-order valence-corrected chi connectivity index (χ4v) is 2.81. The van der Waals surface area contributed by atoms with Crippen LogP contribution in [-0.4, -0.2) is 26.2 Å². The van der Waals surface area contributed by atoms with Crippen LogP contribution in [-0.2, 0) is 0 Å². The molecule has 0 aromatic heterocycles. The third kappa shape index (κ3) is 3.25. The van der Waals surface area contributed by atoms with Gasteiger partial charge in [-0.15, -0.1) is 0 Å². The molecular formula is C12H24N2. The van der Waals surface area contributed by atoms with Gasteiger partial charge in [-0.25, -0.2) is 0 Å². The Labute approximate surface area is 87.8 Å². The molecule has 0 aliphatic carbocycles. The quantitative estimate of drug-likeness (QED) is 0.719. The van der Waals surface area contributed by atoms with E-state index >= 15 is 0 Å². The highest BCUT2D eigenvalue weighted by atomic mass is 14.9. The van der Waals surface area contributed by atoms with Crippen molar-refractivity contribution in [3.05, 3.63) is 0 Å². The number of piperidine rings is 2. The van der Waals surface area contributed by atoms with Gasteiger partial charge in [-0.05, 0) is 76.5 Å². The molecule has 2 heterocycles. The average molecular weight is 196 g/mol. The lowest BCUT2D eigenvalue weighted by Gasteiger charge is -2.27. The van der Waals surface area contributed by atoms with E-state index in [1.165, 1.54) is 64.7 Å². The van der Waals surface area contributed by atoms with Gasteiger partial charge < -0.3 is 10.6 Å². The van der Waals surface area contributed by atoms with Crippen molar-refractivity contribution >= 4 is 0 Å². The highest BCUT2D eigenvalue weighted by molar-refractivity contribution is 4.73. The maximum Gasteiger partial charge on any atom is -0.00205 e. The molecule has 0 amide bonds. The molecule has 2 rings (SSSR count). The molecule has 2 heteroatoms. The SMILES string of the molecule is C1CNCC(CCC2CCCNC2)C1. The van der Waals surface area contributed by atoms with E-state index in [4.69, 9.17) is 0 Å². The van der Waals surface area contributed by atoms with Crippen molar-refractivity contribution in [3.8, 4) is 0 Å². The van der Waals surface area contributed by atoms with Crippen molar-refractivity contribution in [2.45, 2.75) is 38.5 Å². The molecular weight excluding hydrogens is 172 g/mol. The Balaban J connectivity index is 1.60. The fraction of sp³-hybridized carbons (Fsp3) is 1.00. The maximum absolute atomic E-state index is 3.51. The Hall–Kier alpha value is -0.0800. The molecule has 2 saturated heterocycles. The molecule has 2 unspecified atom stereocenters. The van der Waals surface area contributed by atoms with Gasteiger partial charge in [0.15, 0.2) is 0 Å². The molecule has 0 bridgehead atoms. The monoisotopic (exact) mass is 196 g/mol. The standard InChI is InChI=1S/C12H24N2/c1-3-11(9-13-7-1)5-6-12-4-2-8-14-10-12/h11-14H,1-10H2. The van der Waals surface area contributed by atoms with Crippen LogP contribution in [0.3, 0.4) is 0 Å². The molecule has 0 saturated carbocycles. The van der Waals surface area contributed by atoms with Gasteiger partial charge in [0.1, 0.15) is 0 Å². The summed E-state index contributed by atoms with van der Waals surface area (Å²) < 4.78 is 0. The van der Waals surface area contributed by atoms with Crippen molar-refractivity contribution in [2.24, 2.45) is 11.8 Å². The molecule has 0 aromatic carbocycles. The Morgan fingerprint density at radius 1 is 0.786 bits per heavy atom. The molecule has 2 atom stereocenters. The Bertz CT molecular complexity index is 128. The van der Waals surface area contributed by atoms with Crippen LogP contribution in [0, 0.1) is 11.8 Å². The summed E-state index contributed by atoms with van der Waals surface area (Å²) in [6.45, 7) is 5.06. The molecule has 82 valence electrons. The third-order valence-electron chi connectivity index (χ3n) is 3.78. The zero-order valence-corrected chi connectivity index (χ0v) is 9.23. The van der Waals surface area contributed by atoms with E-state index in [1.807, 2.05) is 0 Å². The van der Waals surface area contributed by atoms with Gasteiger partial charge in [0.2, 0.25) is 0 Å². The van der Waals surface area contributed by atoms with Crippen molar-refractivity contribution in [3.63, 3.8) is 0 Å². The zero-order chi connectivity index (χ0) is 9.64. The molecule has 0 radical (unpaired) electrons. The summed E-state index contributed by atoms with van der Waals surface area (Å²) in [6.07, 6.45) is 8.64. The van der Waals surface area contributed by atoms with Gasteiger partial charge in [-0.1, -0.05) is 0 Å². The smallest absolute Gasteiger partial charge is 0.00205 e. The summed E-state index contributed by atoms with van der Waals surface area (Å²) in [5.41, 5.74) is 0. The lowest BCUT2D eigenvalue weighted by atomic mass is 9.87. The largest absolute Gasteiger partial charge is 0.316 e. The van der Waals surface area contributed by atoms with Gasteiger partial charge >= 0.3 is 0 Å². The second-order valence-electron chi connectivity index (χ2n) is 5.00. The first-order valence-corrected chi connectivity index (χ1v) is 6.36. The Morgan fingerprint density at radius 3 is 1.64 bits per heavy atom. The third-order valence-corrected chi connectivity index (χ3v) is 3.78. The summed E-state index contributed by atoms with van der Waals surface area (Å²) >= 11 is 0. The highest BCUT2D eigenvalue weighted by Gasteiger charge is 2.17. The first kappa shape index (κ1) is 10.4. The van der Waals surface area contributed by atoms with E-state index in [0.29, 0.717) is 0 Å². The van der Waals surface area contributed by atoms with Crippen LogP contribution >= 0.6 is 0 Å². The van der Waals surface area contributed by atoms with Crippen LogP contribution in [0.1, 0.15) is 38.5 Å². The number of hydrogen-bond donors (Lipinski definition) is 2. The minimum Gasteiger partial charge on any atom is -0.316 e. The van der Waals surface area contributed by atoms with Crippen LogP contribution in [0.15, 0.2) is 0 Å². The normalized spacial score (nSPS) is 34.3. The van der Waals surface area contributed by atoms with Gasteiger partial charge in [-0.2, -0.15) is 0 Å². The highest BCUT2D eigenvalue weighted by Crippen LogP contribution is 2.22. The Morgan fingerprint density at radius 2 is 1.29 bits per heavy atom. The number of rotatable bonds is 3. The lowest BCUT2D eigenvalue weighted by Crippen LogP contribution is -2.32. The van der Waals surface area contributed by atoms with E-state index in [-0.39, 0.29) is 0 Å². The summed E-state index contributed by atoms with van der Waals surface area (Å²) in [7, 11) is 0. The Kier molecular flexibility index (Phi) is 4.26. The van der Waals surface area contributed by atoms with E-state index < -0.39 is 0 Å². The molecule has 0 aromatic rings. The van der Waals surface area contributed by atoms with E-state index in [2.05, 4.69) is 10.6 Å². The first-order chi connectivity index (χ1) is 6.95.